The van der Waals surface area contributed by atoms with Crippen molar-refractivity contribution >= 4 is 17.2 Å². The van der Waals surface area contributed by atoms with Crippen LogP contribution in [0.25, 0.3) is 17.2 Å². The predicted molar refractivity (Wildman–Crippen MR) is 112 cm³/mol. The second-order valence-electron chi connectivity index (χ2n) is 7.09. The van der Waals surface area contributed by atoms with Gasteiger partial charge in [-0.2, -0.15) is 4.98 Å². The number of aromatic nitrogens is 4. The van der Waals surface area contributed by atoms with Gasteiger partial charge in [0.15, 0.2) is 5.82 Å². The fraction of sp³-hybridized carbons (Fsp3) is 0.182. The summed E-state index contributed by atoms with van der Waals surface area (Å²) in [4.78, 5) is 25.6. The highest BCUT2D eigenvalue weighted by molar-refractivity contribution is 5.99. The van der Waals surface area contributed by atoms with Gasteiger partial charge < -0.3 is 15.8 Å². The number of nitrogens with two attached hydrogens (primary N) is 1. The van der Waals surface area contributed by atoms with E-state index in [1.165, 1.54) is 0 Å². The molecule has 0 atom stereocenters. The number of rotatable bonds is 5. The van der Waals surface area contributed by atoms with Gasteiger partial charge >= 0.3 is 0 Å². The monoisotopic (exact) mass is 400 g/mol. The van der Waals surface area contributed by atoms with Crippen LogP contribution in [-0.4, -0.2) is 31.9 Å². The van der Waals surface area contributed by atoms with Crippen molar-refractivity contribution in [3.63, 3.8) is 0 Å². The number of hydrogen-bond donors (Lipinski definition) is 2. The van der Waals surface area contributed by atoms with Crippen LogP contribution in [-0.2, 0) is 13.0 Å². The van der Waals surface area contributed by atoms with Gasteiger partial charge in [-0.15, -0.1) is 0 Å². The largest absolute Gasteiger partial charge is 0.477 e. The maximum absolute atomic E-state index is 11.7. The lowest BCUT2D eigenvalue weighted by Gasteiger charge is -2.20. The molecule has 1 amide bonds. The zero-order valence-electron chi connectivity index (χ0n) is 16.2. The van der Waals surface area contributed by atoms with E-state index in [2.05, 4.69) is 27.4 Å². The van der Waals surface area contributed by atoms with E-state index in [9.17, 15) is 4.79 Å². The fourth-order valence-corrected chi connectivity index (χ4v) is 3.65. The van der Waals surface area contributed by atoms with Gasteiger partial charge in [-0.3, -0.25) is 9.20 Å². The van der Waals surface area contributed by atoms with Gasteiger partial charge in [0.1, 0.15) is 5.82 Å². The van der Waals surface area contributed by atoms with Crippen molar-refractivity contribution in [2.24, 2.45) is 5.73 Å². The molecule has 1 aliphatic heterocycles. The Kier molecular flexibility index (Phi) is 4.51. The highest BCUT2D eigenvalue weighted by Crippen LogP contribution is 2.31. The zero-order valence-corrected chi connectivity index (χ0v) is 16.2. The van der Waals surface area contributed by atoms with Crippen LogP contribution in [0.5, 0.6) is 5.88 Å². The molecule has 0 bridgehead atoms. The van der Waals surface area contributed by atoms with Crippen LogP contribution in [0.3, 0.4) is 0 Å². The van der Waals surface area contributed by atoms with E-state index in [-0.39, 0.29) is 0 Å². The molecule has 0 spiro atoms. The lowest BCUT2D eigenvalue weighted by molar-refractivity contribution is 0.100. The second-order valence-corrected chi connectivity index (χ2v) is 7.09. The summed E-state index contributed by atoms with van der Waals surface area (Å²) in [5.74, 6) is 1.75. The fourth-order valence-electron chi connectivity index (χ4n) is 3.65. The molecule has 150 valence electrons. The third-order valence-corrected chi connectivity index (χ3v) is 5.12. The number of ether oxygens (including phenoxy) is 1. The molecule has 4 aromatic rings. The van der Waals surface area contributed by atoms with Crippen LogP contribution in [0.2, 0.25) is 0 Å². The Balaban J connectivity index is 1.58. The number of amides is 1. The molecular formula is C22H20N6O2. The normalized spacial score (nSPS) is 12.9. The number of fused-ring (bicyclic) bond motifs is 2. The van der Waals surface area contributed by atoms with E-state index in [0.29, 0.717) is 41.8 Å². The Morgan fingerprint density at radius 3 is 2.87 bits per heavy atom. The average molecular weight is 400 g/mol. The first-order valence-electron chi connectivity index (χ1n) is 9.78. The number of primary amides is 1. The Morgan fingerprint density at radius 2 is 2.03 bits per heavy atom. The molecule has 0 aliphatic carbocycles. The molecule has 3 N–H and O–H groups in total. The molecule has 3 aromatic heterocycles. The summed E-state index contributed by atoms with van der Waals surface area (Å²) in [5, 5.41) is 3.43. The summed E-state index contributed by atoms with van der Waals surface area (Å²) in [7, 11) is 0. The Labute approximate surface area is 172 Å². The summed E-state index contributed by atoms with van der Waals surface area (Å²) < 4.78 is 7.60. The number of anilines is 1. The second kappa shape index (κ2) is 7.47. The van der Waals surface area contributed by atoms with E-state index in [1.807, 2.05) is 24.4 Å². The predicted octanol–water partition coefficient (Wildman–Crippen LogP) is 2.83. The molecule has 0 fully saturated rings. The van der Waals surface area contributed by atoms with E-state index in [0.717, 1.165) is 29.8 Å². The number of carbonyl (C=O) groups is 1. The number of imidazole rings is 1. The Bertz CT molecular complexity index is 1240. The van der Waals surface area contributed by atoms with Crippen molar-refractivity contribution in [3.05, 3.63) is 71.5 Å². The molecule has 8 nitrogen and oxygen atoms in total. The molecule has 1 aliphatic rings. The lowest BCUT2D eigenvalue weighted by Crippen LogP contribution is -2.16. The van der Waals surface area contributed by atoms with Crippen LogP contribution >= 0.6 is 0 Å². The van der Waals surface area contributed by atoms with Gasteiger partial charge in [0.05, 0.1) is 29.4 Å². The lowest BCUT2D eigenvalue weighted by atomic mass is 10.1. The summed E-state index contributed by atoms with van der Waals surface area (Å²) in [6, 6.07) is 13.6. The summed E-state index contributed by atoms with van der Waals surface area (Å²) in [6.45, 7) is 1.26. The SMILES string of the molecule is NC(=O)c1cccn2c(-c3nc(NCc4ccccc4)c4c(n3)OCCC4)ncc12. The van der Waals surface area contributed by atoms with Gasteiger partial charge in [-0.1, -0.05) is 30.3 Å². The van der Waals surface area contributed by atoms with Gasteiger partial charge in [-0.25, -0.2) is 9.97 Å². The molecule has 0 saturated carbocycles. The smallest absolute Gasteiger partial charge is 0.250 e. The minimum atomic E-state index is -0.507. The molecule has 30 heavy (non-hydrogen) atoms. The Morgan fingerprint density at radius 1 is 1.17 bits per heavy atom. The van der Waals surface area contributed by atoms with Crippen LogP contribution < -0.4 is 15.8 Å². The number of nitrogens with zero attached hydrogens (tertiary/aromatic N) is 4. The molecule has 5 rings (SSSR count). The minimum absolute atomic E-state index is 0.396. The molecule has 8 heteroatoms. The highest BCUT2D eigenvalue weighted by Gasteiger charge is 2.22. The number of hydrogen-bond acceptors (Lipinski definition) is 6. The molecule has 0 saturated heterocycles. The highest BCUT2D eigenvalue weighted by atomic mass is 16.5. The average Bonchev–Trinajstić information content (AvgIpc) is 3.22. The quantitative estimate of drug-likeness (QED) is 0.533. The zero-order chi connectivity index (χ0) is 20.5. The number of benzene rings is 1. The van der Waals surface area contributed by atoms with Crippen LogP contribution in [0, 0.1) is 0 Å². The van der Waals surface area contributed by atoms with Crippen LogP contribution in [0.1, 0.15) is 27.9 Å². The van der Waals surface area contributed by atoms with Crippen molar-refractivity contribution in [3.8, 4) is 17.5 Å². The summed E-state index contributed by atoms with van der Waals surface area (Å²) >= 11 is 0. The third-order valence-electron chi connectivity index (χ3n) is 5.12. The number of carbonyl (C=O) groups excluding carboxylic acids is 1. The maximum Gasteiger partial charge on any atom is 0.250 e. The number of pyridine rings is 1. The van der Waals surface area contributed by atoms with Crippen molar-refractivity contribution in [1.29, 1.82) is 0 Å². The van der Waals surface area contributed by atoms with E-state index < -0.39 is 5.91 Å². The van der Waals surface area contributed by atoms with Gasteiger partial charge in [0.25, 0.3) is 5.91 Å². The van der Waals surface area contributed by atoms with Crippen molar-refractivity contribution in [2.45, 2.75) is 19.4 Å². The molecule has 0 unspecified atom stereocenters. The standard InChI is InChI=1S/C22H20N6O2/c23-18(29)15-8-4-10-28-17(15)13-25-21(28)20-26-19(16-9-5-11-30-22(16)27-20)24-12-14-6-2-1-3-7-14/h1-4,6-8,10,13H,5,9,11-12H2,(H2,23,29)(H,24,26,27). The van der Waals surface area contributed by atoms with Crippen molar-refractivity contribution in [1.82, 2.24) is 19.4 Å². The Hall–Kier alpha value is -3.94. The molecule has 4 heterocycles. The number of nitrogens with one attached hydrogen (secondary N) is 1. The van der Waals surface area contributed by atoms with Crippen LogP contribution in [0.15, 0.2) is 54.9 Å². The van der Waals surface area contributed by atoms with Crippen LogP contribution in [0.4, 0.5) is 5.82 Å². The van der Waals surface area contributed by atoms with Gasteiger partial charge in [-0.05, 0) is 30.5 Å². The van der Waals surface area contributed by atoms with Gasteiger partial charge in [0, 0.05) is 12.7 Å². The summed E-state index contributed by atoms with van der Waals surface area (Å²) in [5.41, 5.74) is 8.63. The van der Waals surface area contributed by atoms with E-state index in [1.54, 1.807) is 22.7 Å². The first-order valence-corrected chi connectivity index (χ1v) is 9.78. The minimum Gasteiger partial charge on any atom is -0.477 e. The molecular weight excluding hydrogens is 380 g/mol. The van der Waals surface area contributed by atoms with Crippen molar-refractivity contribution < 1.29 is 9.53 Å². The van der Waals surface area contributed by atoms with E-state index in [4.69, 9.17) is 15.5 Å². The first kappa shape index (κ1) is 18.1. The maximum atomic E-state index is 11.7. The van der Waals surface area contributed by atoms with Gasteiger partial charge in [0.2, 0.25) is 11.7 Å². The topological polar surface area (TPSA) is 107 Å². The summed E-state index contributed by atoms with van der Waals surface area (Å²) in [6.07, 6.45) is 5.19. The molecule has 1 aromatic carbocycles. The van der Waals surface area contributed by atoms with Crippen molar-refractivity contribution in [2.75, 3.05) is 11.9 Å². The first-order chi connectivity index (χ1) is 14.7. The third kappa shape index (κ3) is 3.22. The molecule has 0 radical (unpaired) electrons. The van der Waals surface area contributed by atoms with E-state index >= 15 is 0 Å².